The number of para-hydroxylation sites is 1. The molecule has 1 fully saturated rings. The molecular weight excluding hydrogens is 464 g/mol. The van der Waals surface area contributed by atoms with Gasteiger partial charge in [0.15, 0.2) is 0 Å². The van der Waals surface area contributed by atoms with Crippen molar-refractivity contribution in [2.75, 3.05) is 18.9 Å². The average molecular weight is 495 g/mol. The van der Waals surface area contributed by atoms with Crippen LogP contribution in [-0.2, 0) is 15.0 Å². The highest BCUT2D eigenvalue weighted by Gasteiger charge is 2.56. The van der Waals surface area contributed by atoms with Gasteiger partial charge in [-0.05, 0) is 46.9 Å². The molecule has 2 aliphatic rings. The zero-order valence-electron chi connectivity index (χ0n) is 21.3. The van der Waals surface area contributed by atoms with E-state index < -0.39 is 17.5 Å². The number of nitrogens with zero attached hydrogens (tertiary/aromatic N) is 3. The molecule has 37 heavy (non-hydrogen) atoms. The molecule has 0 aliphatic carbocycles. The first-order valence-corrected chi connectivity index (χ1v) is 12.6. The second-order valence-corrected chi connectivity index (χ2v) is 10.5. The topological polar surface area (TPSA) is 93.5 Å². The van der Waals surface area contributed by atoms with E-state index in [1.54, 1.807) is 13.1 Å². The predicted octanol–water partition coefficient (Wildman–Crippen LogP) is 4.34. The van der Waals surface area contributed by atoms with Crippen LogP contribution >= 0.6 is 0 Å². The molecule has 2 aliphatic heterocycles. The second-order valence-electron chi connectivity index (χ2n) is 10.5. The number of anilines is 1. The fourth-order valence-corrected chi connectivity index (χ4v) is 5.72. The molecule has 0 aromatic heterocycles. The van der Waals surface area contributed by atoms with Gasteiger partial charge < -0.3 is 15.1 Å². The summed E-state index contributed by atoms with van der Waals surface area (Å²) in [5.41, 5.74) is 1.08. The Morgan fingerprint density at radius 2 is 1.81 bits per heavy atom. The van der Waals surface area contributed by atoms with Crippen molar-refractivity contribution < 1.29 is 14.4 Å². The van der Waals surface area contributed by atoms with E-state index >= 15 is 0 Å². The Bertz CT molecular complexity index is 1440. The number of likely N-dealkylation sites (N-methyl/N-ethyl adjacent to an activating group) is 1. The van der Waals surface area contributed by atoms with Crippen LogP contribution in [-0.4, -0.2) is 53.2 Å². The molecule has 1 spiro atoms. The Morgan fingerprint density at radius 1 is 1.11 bits per heavy atom. The smallest absolute Gasteiger partial charge is 0.254 e. The molecule has 3 aromatic rings. The number of likely N-dealkylation sites (tertiary alicyclic amines) is 1. The molecule has 3 aromatic carbocycles. The van der Waals surface area contributed by atoms with Crippen molar-refractivity contribution in [1.82, 2.24) is 9.80 Å². The van der Waals surface area contributed by atoms with Gasteiger partial charge in [0, 0.05) is 31.3 Å². The van der Waals surface area contributed by atoms with Gasteiger partial charge in [-0.15, -0.1) is 0 Å². The summed E-state index contributed by atoms with van der Waals surface area (Å²) in [6, 6.07) is 21.5. The minimum absolute atomic E-state index is 0.111. The molecular formula is C30H30N4O3. The third kappa shape index (κ3) is 4.13. The lowest BCUT2D eigenvalue weighted by Gasteiger charge is -2.33. The lowest BCUT2D eigenvalue weighted by molar-refractivity contribution is -0.136. The van der Waals surface area contributed by atoms with Gasteiger partial charge in [0.05, 0.1) is 11.5 Å². The summed E-state index contributed by atoms with van der Waals surface area (Å²) in [6.07, 6.45) is 0.675. The van der Waals surface area contributed by atoms with Gasteiger partial charge in [-0.25, -0.2) is 0 Å². The summed E-state index contributed by atoms with van der Waals surface area (Å²) in [5, 5.41) is 14.9. The Balaban J connectivity index is 1.46. The maximum atomic E-state index is 14.0. The summed E-state index contributed by atoms with van der Waals surface area (Å²) >= 11 is 0. The van der Waals surface area contributed by atoms with E-state index in [0.29, 0.717) is 12.0 Å². The number of carbonyl (C=O) groups is 3. The fraction of sp³-hybridized carbons (Fsp3) is 0.333. The lowest BCUT2D eigenvalue weighted by atomic mass is 9.80. The minimum atomic E-state index is -0.962. The molecule has 3 amide bonds. The highest BCUT2D eigenvalue weighted by Crippen LogP contribution is 2.46. The number of amides is 3. The van der Waals surface area contributed by atoms with Crippen LogP contribution in [0.25, 0.3) is 10.8 Å². The van der Waals surface area contributed by atoms with Gasteiger partial charge in [-0.2, -0.15) is 5.26 Å². The normalized spacial score (nSPS) is 21.1. The first-order valence-electron chi connectivity index (χ1n) is 12.6. The molecule has 7 nitrogen and oxygen atoms in total. The van der Waals surface area contributed by atoms with Crippen molar-refractivity contribution in [2.45, 2.75) is 44.2 Å². The Hall–Kier alpha value is -4.18. The van der Waals surface area contributed by atoms with Gasteiger partial charge in [0.2, 0.25) is 11.8 Å². The van der Waals surface area contributed by atoms with Crippen molar-refractivity contribution in [1.29, 1.82) is 5.26 Å². The number of nitrogens with one attached hydrogen (secondary N) is 1. The third-order valence-electron chi connectivity index (χ3n) is 7.68. The van der Waals surface area contributed by atoms with Crippen molar-refractivity contribution >= 4 is 34.2 Å². The summed E-state index contributed by atoms with van der Waals surface area (Å²) in [6.45, 7) is 4.12. The maximum Gasteiger partial charge on any atom is 0.254 e. The van der Waals surface area contributed by atoms with Gasteiger partial charge in [-0.3, -0.25) is 14.4 Å². The van der Waals surface area contributed by atoms with Gasteiger partial charge >= 0.3 is 0 Å². The van der Waals surface area contributed by atoms with Crippen LogP contribution in [0, 0.1) is 17.2 Å². The Labute approximate surface area is 216 Å². The summed E-state index contributed by atoms with van der Waals surface area (Å²) in [4.78, 5) is 43.8. The number of hydrogen-bond acceptors (Lipinski definition) is 4. The number of hydrogen-bond donors (Lipinski definition) is 1. The predicted molar refractivity (Wildman–Crippen MR) is 142 cm³/mol. The lowest BCUT2D eigenvalue weighted by Crippen LogP contribution is -2.52. The molecule has 1 saturated heterocycles. The molecule has 5 rings (SSSR count). The zero-order valence-corrected chi connectivity index (χ0v) is 21.3. The van der Waals surface area contributed by atoms with E-state index in [4.69, 9.17) is 0 Å². The first kappa shape index (κ1) is 24.5. The van der Waals surface area contributed by atoms with Gasteiger partial charge in [-0.1, -0.05) is 62.4 Å². The van der Waals surface area contributed by atoms with E-state index in [1.807, 2.05) is 74.5 Å². The van der Waals surface area contributed by atoms with Gasteiger partial charge in [0.25, 0.3) is 5.91 Å². The van der Waals surface area contributed by atoms with Crippen molar-refractivity contribution in [3.05, 3.63) is 77.9 Å². The monoisotopic (exact) mass is 494 g/mol. The molecule has 2 heterocycles. The molecule has 0 bridgehead atoms. The van der Waals surface area contributed by atoms with E-state index in [-0.39, 0.29) is 36.6 Å². The standard InChI is InChI=1S/C30H30N4O3/c1-19(2)14-26(33(3)27(35)22-13-12-20-8-4-5-9-21(20)15-22)28(36)34-18-30(16-23(34)17-31)24-10-6-7-11-25(24)32-29(30)37/h4-13,15,19,23,26H,14,16,18H2,1-3H3,(H,32,37)/t23-,26-,30-/m0/s1. The number of carbonyl (C=O) groups excluding carboxylic acids is 3. The van der Waals surface area contributed by atoms with Crippen molar-refractivity contribution in [3.8, 4) is 6.07 Å². The van der Waals surface area contributed by atoms with Crippen LogP contribution in [0.2, 0.25) is 0 Å². The largest absolute Gasteiger partial charge is 0.330 e. The molecule has 0 unspecified atom stereocenters. The van der Waals surface area contributed by atoms with Crippen LogP contribution in [0.5, 0.6) is 0 Å². The van der Waals surface area contributed by atoms with Crippen LogP contribution in [0.15, 0.2) is 66.7 Å². The van der Waals surface area contributed by atoms with Crippen LogP contribution in [0.1, 0.15) is 42.6 Å². The van der Waals surface area contributed by atoms with Crippen LogP contribution < -0.4 is 5.32 Å². The minimum Gasteiger partial charge on any atom is -0.330 e. The SMILES string of the molecule is CC(C)C[C@@H](C(=O)N1C[C@]2(C[C@H]1C#N)C(=O)Nc1ccccc12)N(C)C(=O)c1ccc2ccccc2c1. The fourth-order valence-electron chi connectivity index (χ4n) is 5.72. The first-order chi connectivity index (χ1) is 17.7. The van der Waals surface area contributed by atoms with E-state index in [1.165, 1.54) is 9.80 Å². The van der Waals surface area contributed by atoms with Crippen LogP contribution in [0.3, 0.4) is 0 Å². The molecule has 0 saturated carbocycles. The summed E-state index contributed by atoms with van der Waals surface area (Å²) < 4.78 is 0. The number of benzene rings is 3. The highest BCUT2D eigenvalue weighted by atomic mass is 16.2. The highest BCUT2D eigenvalue weighted by molar-refractivity contribution is 6.07. The van der Waals surface area contributed by atoms with Gasteiger partial charge in [0.1, 0.15) is 12.1 Å². The second kappa shape index (κ2) is 9.36. The van der Waals surface area contributed by atoms with Crippen molar-refractivity contribution in [2.24, 2.45) is 5.92 Å². The Kier molecular flexibility index (Phi) is 6.20. The van der Waals surface area contributed by atoms with Crippen molar-refractivity contribution in [3.63, 3.8) is 0 Å². The molecule has 7 heteroatoms. The number of fused-ring (bicyclic) bond motifs is 3. The zero-order chi connectivity index (χ0) is 26.3. The third-order valence-corrected chi connectivity index (χ3v) is 7.68. The molecule has 3 atom stereocenters. The van der Waals surface area contributed by atoms with E-state index in [9.17, 15) is 19.6 Å². The molecule has 0 radical (unpaired) electrons. The summed E-state index contributed by atoms with van der Waals surface area (Å²) in [5.74, 6) is -0.610. The summed E-state index contributed by atoms with van der Waals surface area (Å²) in [7, 11) is 1.65. The maximum absolute atomic E-state index is 14.0. The van der Waals surface area contributed by atoms with Crippen LogP contribution in [0.4, 0.5) is 5.69 Å². The number of rotatable bonds is 5. The van der Waals surface area contributed by atoms with E-state index in [2.05, 4.69) is 11.4 Å². The number of nitriles is 1. The Morgan fingerprint density at radius 3 is 2.54 bits per heavy atom. The quantitative estimate of drug-likeness (QED) is 0.571. The average Bonchev–Trinajstić information content (AvgIpc) is 3.43. The molecule has 1 N–H and O–H groups in total. The van der Waals surface area contributed by atoms with E-state index in [0.717, 1.165) is 22.0 Å². The molecule has 188 valence electrons.